The molecule has 0 aromatic carbocycles. The fourth-order valence-electron chi connectivity index (χ4n) is 1.54. The third-order valence-corrected chi connectivity index (χ3v) is 3.44. The van der Waals surface area contributed by atoms with Crippen molar-refractivity contribution in [1.29, 1.82) is 0 Å². The Balaban J connectivity index is 2.47. The van der Waals surface area contributed by atoms with Crippen LogP contribution in [-0.4, -0.2) is 21.4 Å². The van der Waals surface area contributed by atoms with Crippen LogP contribution in [0.1, 0.15) is 11.9 Å². The van der Waals surface area contributed by atoms with Crippen molar-refractivity contribution in [2.45, 2.75) is 13.1 Å². The van der Waals surface area contributed by atoms with Crippen LogP contribution < -0.4 is 5.32 Å². The Morgan fingerprint density at radius 1 is 1.43 bits per heavy atom. The van der Waals surface area contributed by atoms with Gasteiger partial charge < -0.3 is 5.32 Å². The van der Waals surface area contributed by atoms with Crippen molar-refractivity contribution in [3.63, 3.8) is 0 Å². The van der Waals surface area contributed by atoms with E-state index in [4.69, 9.17) is 0 Å². The molecule has 0 aliphatic carbocycles. The maximum atomic E-state index is 12.5. The second kappa shape index (κ2) is 5.64. The molecular formula is C11H9F3N4O2S. The summed E-state index contributed by atoms with van der Waals surface area (Å²) in [7, 11) is 0. The van der Waals surface area contributed by atoms with Crippen LogP contribution in [0, 0.1) is 10.1 Å². The Labute approximate surface area is 120 Å². The SMILES string of the molecule is CCNc1cc([N+](=O)[O-])cc(-c2cnc(C(F)(F)F)s2)n1. The molecule has 0 atom stereocenters. The highest BCUT2D eigenvalue weighted by Gasteiger charge is 2.34. The van der Waals surface area contributed by atoms with E-state index < -0.39 is 16.1 Å². The number of pyridine rings is 1. The van der Waals surface area contributed by atoms with E-state index in [0.717, 1.165) is 12.3 Å². The lowest BCUT2D eigenvalue weighted by atomic mass is 10.3. The standard InChI is InChI=1S/C11H9F3N4O2S/c1-2-15-9-4-6(18(19)20)3-7(17-9)8-5-16-10(21-8)11(12,13)14/h3-5H,2H2,1H3,(H,15,17). The zero-order valence-corrected chi connectivity index (χ0v) is 11.5. The zero-order chi connectivity index (χ0) is 15.6. The Hall–Kier alpha value is -2.23. The molecule has 0 radical (unpaired) electrons. The number of thiazole rings is 1. The van der Waals surface area contributed by atoms with Gasteiger partial charge in [-0.2, -0.15) is 13.2 Å². The van der Waals surface area contributed by atoms with Gasteiger partial charge in [0, 0.05) is 18.8 Å². The minimum Gasteiger partial charge on any atom is -0.370 e. The molecule has 0 saturated heterocycles. The second-order valence-corrected chi connectivity index (χ2v) is 4.94. The molecule has 1 N–H and O–H groups in total. The third kappa shape index (κ3) is 3.45. The summed E-state index contributed by atoms with van der Waals surface area (Å²) >= 11 is 0.391. The summed E-state index contributed by atoms with van der Waals surface area (Å²) in [5.74, 6) is 0.226. The summed E-state index contributed by atoms with van der Waals surface area (Å²) in [5.41, 5.74) is -0.175. The third-order valence-electron chi connectivity index (χ3n) is 2.38. The molecule has 0 aliphatic rings. The molecule has 6 nitrogen and oxygen atoms in total. The largest absolute Gasteiger partial charge is 0.443 e. The topological polar surface area (TPSA) is 81.0 Å². The number of nitro groups is 1. The lowest BCUT2D eigenvalue weighted by Gasteiger charge is -2.04. The Kier molecular flexibility index (Phi) is 4.07. The molecule has 0 unspecified atom stereocenters. The number of halogens is 3. The Morgan fingerprint density at radius 3 is 2.67 bits per heavy atom. The van der Waals surface area contributed by atoms with Gasteiger partial charge in [0.1, 0.15) is 5.82 Å². The first-order valence-corrected chi connectivity index (χ1v) is 6.56. The quantitative estimate of drug-likeness (QED) is 0.688. The van der Waals surface area contributed by atoms with Gasteiger partial charge in [-0.25, -0.2) is 9.97 Å². The number of nitrogens with zero attached hydrogens (tertiary/aromatic N) is 3. The van der Waals surface area contributed by atoms with Gasteiger partial charge in [0.2, 0.25) is 0 Å². The molecule has 0 fully saturated rings. The van der Waals surface area contributed by atoms with Crippen LogP contribution in [-0.2, 0) is 6.18 Å². The van der Waals surface area contributed by atoms with Gasteiger partial charge in [-0.15, -0.1) is 11.3 Å². The van der Waals surface area contributed by atoms with Crippen LogP contribution in [0.3, 0.4) is 0 Å². The maximum Gasteiger partial charge on any atom is 0.443 e. The van der Waals surface area contributed by atoms with Crippen molar-refractivity contribution in [2.75, 3.05) is 11.9 Å². The van der Waals surface area contributed by atoms with Crippen LogP contribution in [0.4, 0.5) is 24.7 Å². The first-order valence-electron chi connectivity index (χ1n) is 5.75. The fourth-order valence-corrected chi connectivity index (χ4v) is 2.29. The van der Waals surface area contributed by atoms with E-state index in [1.807, 2.05) is 0 Å². The van der Waals surface area contributed by atoms with E-state index in [-0.39, 0.29) is 22.1 Å². The number of anilines is 1. The van der Waals surface area contributed by atoms with E-state index >= 15 is 0 Å². The predicted molar refractivity (Wildman–Crippen MR) is 71.2 cm³/mol. The normalized spacial score (nSPS) is 11.4. The molecule has 10 heteroatoms. The smallest absolute Gasteiger partial charge is 0.370 e. The maximum absolute atomic E-state index is 12.5. The molecule has 0 bridgehead atoms. The highest BCUT2D eigenvalue weighted by atomic mass is 32.1. The fraction of sp³-hybridized carbons (Fsp3) is 0.273. The van der Waals surface area contributed by atoms with Gasteiger partial charge in [0.05, 0.1) is 21.6 Å². The van der Waals surface area contributed by atoms with E-state index in [2.05, 4.69) is 15.3 Å². The lowest BCUT2D eigenvalue weighted by molar-refractivity contribution is -0.384. The van der Waals surface area contributed by atoms with Crippen LogP contribution >= 0.6 is 11.3 Å². The molecule has 2 aromatic heterocycles. The molecule has 2 heterocycles. The zero-order valence-electron chi connectivity index (χ0n) is 10.6. The highest BCUT2D eigenvalue weighted by molar-refractivity contribution is 7.15. The molecule has 0 aliphatic heterocycles. The van der Waals surface area contributed by atoms with Crippen LogP contribution in [0.15, 0.2) is 18.3 Å². The first-order chi connectivity index (χ1) is 9.81. The summed E-state index contributed by atoms with van der Waals surface area (Å²) in [5, 5.41) is 12.6. The van der Waals surface area contributed by atoms with E-state index in [1.54, 1.807) is 6.92 Å². The molecule has 0 amide bonds. The summed E-state index contributed by atoms with van der Waals surface area (Å²) in [6.45, 7) is 2.25. The minimum absolute atomic E-state index is 0.0770. The molecule has 112 valence electrons. The number of aromatic nitrogens is 2. The molecule has 2 aromatic rings. The van der Waals surface area contributed by atoms with Crippen molar-refractivity contribution in [2.24, 2.45) is 0 Å². The second-order valence-electron chi connectivity index (χ2n) is 3.91. The summed E-state index contributed by atoms with van der Waals surface area (Å²) < 4.78 is 37.6. The summed E-state index contributed by atoms with van der Waals surface area (Å²) in [6, 6.07) is 2.34. The van der Waals surface area contributed by atoms with Crippen LogP contribution in [0.25, 0.3) is 10.6 Å². The number of nitrogens with one attached hydrogen (secondary N) is 1. The average Bonchev–Trinajstić information content (AvgIpc) is 2.88. The summed E-state index contributed by atoms with van der Waals surface area (Å²) in [4.78, 5) is 17.7. The van der Waals surface area contributed by atoms with E-state index in [0.29, 0.717) is 17.9 Å². The Morgan fingerprint density at radius 2 is 2.14 bits per heavy atom. The van der Waals surface area contributed by atoms with Crippen molar-refractivity contribution < 1.29 is 18.1 Å². The van der Waals surface area contributed by atoms with E-state index in [9.17, 15) is 23.3 Å². The number of hydrogen-bond acceptors (Lipinski definition) is 6. The average molecular weight is 318 g/mol. The minimum atomic E-state index is -4.55. The van der Waals surface area contributed by atoms with Gasteiger partial charge >= 0.3 is 6.18 Å². The molecular weight excluding hydrogens is 309 g/mol. The van der Waals surface area contributed by atoms with Gasteiger partial charge in [0.15, 0.2) is 5.01 Å². The van der Waals surface area contributed by atoms with Gasteiger partial charge in [-0.1, -0.05) is 0 Å². The van der Waals surface area contributed by atoms with Crippen LogP contribution in [0.2, 0.25) is 0 Å². The number of alkyl halides is 3. The van der Waals surface area contributed by atoms with Gasteiger partial charge in [-0.05, 0) is 6.92 Å². The molecule has 0 saturated carbocycles. The first kappa shape index (κ1) is 15.2. The van der Waals surface area contributed by atoms with Gasteiger partial charge in [0.25, 0.3) is 5.69 Å². The highest BCUT2D eigenvalue weighted by Crippen LogP contribution is 2.36. The van der Waals surface area contributed by atoms with Crippen LogP contribution in [0.5, 0.6) is 0 Å². The summed E-state index contributed by atoms with van der Waals surface area (Å²) in [6.07, 6.45) is -3.54. The van der Waals surface area contributed by atoms with Crippen molar-refractivity contribution >= 4 is 22.8 Å². The number of rotatable bonds is 4. The molecule has 2 rings (SSSR count). The Bertz CT molecular complexity index is 672. The van der Waals surface area contributed by atoms with Crippen molar-refractivity contribution in [1.82, 2.24) is 9.97 Å². The van der Waals surface area contributed by atoms with Crippen molar-refractivity contribution in [3.8, 4) is 10.6 Å². The molecule has 21 heavy (non-hydrogen) atoms. The van der Waals surface area contributed by atoms with Crippen molar-refractivity contribution in [3.05, 3.63) is 33.5 Å². The number of hydrogen-bond donors (Lipinski definition) is 1. The predicted octanol–water partition coefficient (Wildman–Crippen LogP) is 3.56. The van der Waals surface area contributed by atoms with E-state index in [1.165, 1.54) is 6.07 Å². The van der Waals surface area contributed by atoms with Gasteiger partial charge in [-0.3, -0.25) is 10.1 Å². The molecule has 0 spiro atoms. The lowest BCUT2D eigenvalue weighted by Crippen LogP contribution is -2.02. The monoisotopic (exact) mass is 318 g/mol.